The van der Waals surface area contributed by atoms with Crippen LogP contribution in [0.4, 0.5) is 34.1 Å². The second-order valence-corrected chi connectivity index (χ2v) is 15.3. The van der Waals surface area contributed by atoms with E-state index in [9.17, 15) is 27.9 Å². The summed E-state index contributed by atoms with van der Waals surface area (Å²) < 4.78 is 65.4. The normalized spacial score (nSPS) is 16.4. The molecule has 0 radical (unpaired) electrons. The summed E-state index contributed by atoms with van der Waals surface area (Å²) in [5, 5.41) is 23.1. The number of nitrogens with zero attached hydrogens (tertiary/aromatic N) is 3. The van der Waals surface area contributed by atoms with Crippen molar-refractivity contribution in [1.82, 2.24) is 9.47 Å². The number of carbonyl (C=O) groups is 2. The maximum Gasteiger partial charge on any atom is 0.415 e. The minimum Gasteiger partial charge on any atom is -0.508 e. The number of phenolic OH excluding ortho intramolecular Hbond substituents is 1. The Morgan fingerprint density at radius 2 is 1.64 bits per heavy atom. The van der Waals surface area contributed by atoms with Gasteiger partial charge < -0.3 is 43.9 Å². The van der Waals surface area contributed by atoms with Crippen LogP contribution in [0.1, 0.15) is 60.1 Å². The van der Waals surface area contributed by atoms with Crippen LogP contribution < -0.4 is 10.2 Å². The minimum atomic E-state index is -4.56. The number of phenols is 1. The average Bonchev–Trinajstić information content (AvgIpc) is 3.41. The monoisotopic (exact) mass is 774 g/mol. The van der Waals surface area contributed by atoms with Crippen LogP contribution in [0.3, 0.4) is 0 Å². The van der Waals surface area contributed by atoms with Crippen molar-refractivity contribution in [2.45, 2.75) is 84.3 Å². The first-order valence-electron chi connectivity index (χ1n) is 18.3. The van der Waals surface area contributed by atoms with E-state index in [2.05, 4.69) is 17.2 Å². The lowest BCUT2D eigenvalue weighted by Gasteiger charge is -2.40. The molecule has 55 heavy (non-hydrogen) atoms. The van der Waals surface area contributed by atoms with Crippen molar-refractivity contribution in [1.29, 1.82) is 0 Å². The van der Waals surface area contributed by atoms with Gasteiger partial charge >= 0.3 is 18.4 Å². The Morgan fingerprint density at radius 3 is 2.29 bits per heavy atom. The number of carbonyl (C=O) groups excluding carboxylic acids is 2. The van der Waals surface area contributed by atoms with E-state index in [1.165, 1.54) is 17.0 Å². The van der Waals surface area contributed by atoms with Crippen LogP contribution in [-0.2, 0) is 25.5 Å². The number of benzene rings is 2. The highest BCUT2D eigenvalue weighted by atomic mass is 19.4. The van der Waals surface area contributed by atoms with Crippen LogP contribution in [-0.4, -0.2) is 108 Å². The van der Waals surface area contributed by atoms with Gasteiger partial charge in [0.15, 0.2) is 0 Å². The first-order chi connectivity index (χ1) is 25.8. The Balaban J connectivity index is 1.63. The van der Waals surface area contributed by atoms with Crippen LogP contribution in [0, 0.1) is 17.8 Å². The number of aromatic hydroxyl groups is 1. The van der Waals surface area contributed by atoms with Crippen LogP contribution in [0.2, 0.25) is 0 Å². The number of nitrogens with one attached hydrogen (secondary N) is 1. The summed E-state index contributed by atoms with van der Waals surface area (Å²) >= 11 is 0. The summed E-state index contributed by atoms with van der Waals surface area (Å²) in [5.41, 5.74) is -0.185. The van der Waals surface area contributed by atoms with E-state index in [4.69, 9.17) is 24.1 Å². The number of aromatic nitrogens is 1. The number of halogens is 3. The highest BCUT2D eigenvalue weighted by molar-refractivity contribution is 5.94. The molecule has 1 fully saturated rings. The first-order valence-corrected chi connectivity index (χ1v) is 18.3. The van der Waals surface area contributed by atoms with E-state index in [0.29, 0.717) is 68.0 Å². The molecule has 0 bridgehead atoms. The molecule has 0 saturated carbocycles. The average molecular weight is 775 g/mol. The maximum atomic E-state index is 14.0. The summed E-state index contributed by atoms with van der Waals surface area (Å²) in [4.78, 5) is 29.1. The number of rotatable bonds is 13. The van der Waals surface area contributed by atoms with Crippen molar-refractivity contribution >= 4 is 34.5 Å². The van der Waals surface area contributed by atoms with E-state index in [1.807, 2.05) is 0 Å². The van der Waals surface area contributed by atoms with Crippen molar-refractivity contribution in [2.24, 2.45) is 5.92 Å². The number of aliphatic hydroxyl groups excluding tert-OH is 1. The number of anilines is 2. The van der Waals surface area contributed by atoms with Gasteiger partial charge in [-0.05, 0) is 96.6 Å². The number of likely N-dealkylation sites (tertiary alicyclic amines) is 1. The third-order valence-corrected chi connectivity index (χ3v) is 8.46. The third kappa shape index (κ3) is 13.6. The largest absolute Gasteiger partial charge is 0.508 e. The molecular weight excluding hydrogens is 721 g/mol. The van der Waals surface area contributed by atoms with Crippen molar-refractivity contribution in [2.75, 3.05) is 62.9 Å². The molecule has 1 aromatic heterocycles. The highest BCUT2D eigenvalue weighted by Gasteiger charge is 2.34. The van der Waals surface area contributed by atoms with Gasteiger partial charge in [-0.2, -0.15) is 13.2 Å². The van der Waals surface area contributed by atoms with Gasteiger partial charge in [-0.1, -0.05) is 18.1 Å². The fourth-order valence-electron chi connectivity index (χ4n) is 6.14. The molecule has 0 unspecified atom stereocenters. The lowest BCUT2D eigenvalue weighted by Crippen LogP contribution is -2.50. The molecule has 2 heterocycles. The maximum absolute atomic E-state index is 14.0. The summed E-state index contributed by atoms with van der Waals surface area (Å²) in [5.74, 6) is 5.54. The van der Waals surface area contributed by atoms with E-state index in [1.54, 1.807) is 82.8 Å². The number of fused-ring (bicyclic) bond motifs is 1. The topological polar surface area (TPSA) is 135 Å². The molecule has 0 aliphatic carbocycles. The number of amides is 2. The number of piperidine rings is 1. The smallest absolute Gasteiger partial charge is 0.415 e. The molecule has 3 N–H and O–H groups in total. The van der Waals surface area contributed by atoms with E-state index >= 15 is 0 Å². The third-order valence-electron chi connectivity index (χ3n) is 8.46. The summed E-state index contributed by atoms with van der Waals surface area (Å²) in [6, 6.07) is 12.5. The van der Waals surface area contributed by atoms with Crippen molar-refractivity contribution in [3.8, 4) is 17.6 Å². The lowest BCUT2D eigenvalue weighted by atomic mass is 9.89. The molecule has 15 heteroatoms. The summed E-state index contributed by atoms with van der Waals surface area (Å²) in [6.45, 7) is 11.0. The number of aliphatic hydroxyl groups is 1. The molecular formula is C40H53F3N4O8. The van der Waals surface area contributed by atoms with Crippen molar-refractivity contribution in [3.63, 3.8) is 0 Å². The Bertz CT molecular complexity index is 1810. The lowest BCUT2D eigenvalue weighted by molar-refractivity contribution is -0.140. The molecule has 3 aromatic rings. The molecule has 1 aliphatic rings. The van der Waals surface area contributed by atoms with Gasteiger partial charge in [-0.15, -0.1) is 0 Å². The van der Waals surface area contributed by atoms with E-state index < -0.39 is 36.1 Å². The van der Waals surface area contributed by atoms with Gasteiger partial charge in [-0.25, -0.2) is 9.59 Å². The van der Waals surface area contributed by atoms with Crippen LogP contribution in [0.25, 0.3) is 10.9 Å². The predicted molar refractivity (Wildman–Crippen MR) is 203 cm³/mol. The molecule has 2 amide bonds. The van der Waals surface area contributed by atoms with Gasteiger partial charge in [0.1, 0.15) is 23.5 Å². The van der Waals surface area contributed by atoms with Crippen LogP contribution >= 0.6 is 0 Å². The van der Waals surface area contributed by atoms with Crippen molar-refractivity contribution < 1.29 is 51.9 Å². The van der Waals surface area contributed by atoms with Gasteiger partial charge in [0, 0.05) is 42.9 Å². The Morgan fingerprint density at radius 1 is 0.945 bits per heavy atom. The van der Waals surface area contributed by atoms with E-state index in [0.717, 1.165) is 4.57 Å². The molecule has 0 spiro atoms. The summed E-state index contributed by atoms with van der Waals surface area (Å²) in [7, 11) is 0. The van der Waals surface area contributed by atoms with E-state index in [-0.39, 0.29) is 43.2 Å². The first kappa shape index (κ1) is 43.1. The minimum absolute atomic E-state index is 0.0799. The number of alkyl halides is 3. The zero-order valence-electron chi connectivity index (χ0n) is 32.4. The number of hydrogen-bond donors (Lipinski definition) is 3. The Labute approximate surface area is 320 Å². The molecule has 1 saturated heterocycles. The standard InChI is InChI=1S/C40H53F3N4O8/c1-38(2,3)54-36(50)45-18-15-33(28(26-45)16-20-52-22-23-53-21-19-48)44-34-13-8-14-35-32(34)25-30(47(35)27-40(41,42)43)11-9-17-46(37(51)55-39(4,5)6)29-10-7-12-31(49)24-29/h7-8,10,12-14,24-25,28,33,44,48-49H,15-23,26-27H2,1-6H3/t28-,33-/m1/s1. The van der Waals surface area contributed by atoms with Crippen LogP contribution in [0.5, 0.6) is 5.75 Å². The van der Waals surface area contributed by atoms with Gasteiger partial charge in [0.25, 0.3) is 0 Å². The fourth-order valence-corrected chi connectivity index (χ4v) is 6.14. The molecule has 4 rings (SSSR count). The quantitative estimate of drug-likeness (QED) is 0.122. The molecule has 302 valence electrons. The molecule has 2 atom stereocenters. The second-order valence-electron chi connectivity index (χ2n) is 15.3. The number of ether oxygens (including phenoxy) is 4. The second kappa shape index (κ2) is 18.8. The SMILES string of the molecule is CC(C)(C)OC(=O)N1CC[C@@H](Nc2cccc3c2cc(C#CCN(C(=O)OC(C)(C)C)c2cccc(O)c2)n3CC(F)(F)F)[C@H](CCOCCOCCO)C1. The fraction of sp³-hybridized carbons (Fsp3) is 0.550. The van der Waals surface area contributed by atoms with Gasteiger partial charge in [0.2, 0.25) is 0 Å². The van der Waals surface area contributed by atoms with Crippen molar-refractivity contribution in [3.05, 3.63) is 54.2 Å². The molecule has 1 aliphatic heterocycles. The Kier molecular flexibility index (Phi) is 14.7. The van der Waals surface area contributed by atoms with Gasteiger partial charge in [-0.3, -0.25) is 4.90 Å². The number of hydrogen-bond acceptors (Lipinski definition) is 9. The zero-order chi connectivity index (χ0) is 40.4. The molecule has 12 nitrogen and oxygen atoms in total. The predicted octanol–water partition coefficient (Wildman–Crippen LogP) is 7.16. The van der Waals surface area contributed by atoms with Crippen LogP contribution in [0.15, 0.2) is 48.5 Å². The zero-order valence-corrected chi connectivity index (χ0v) is 32.4. The highest BCUT2D eigenvalue weighted by Crippen LogP contribution is 2.33. The molecule has 2 aromatic carbocycles. The van der Waals surface area contributed by atoms with Gasteiger partial charge in [0.05, 0.1) is 49.9 Å². The Hall–Kier alpha value is -4.65. The summed E-state index contributed by atoms with van der Waals surface area (Å²) in [6.07, 6.45) is -4.59.